The van der Waals surface area contributed by atoms with Crippen molar-refractivity contribution in [1.29, 1.82) is 0 Å². The molecule has 0 spiro atoms. The molecule has 2 aromatic rings. The molecule has 1 unspecified atom stereocenters. The van der Waals surface area contributed by atoms with Crippen LogP contribution in [0.1, 0.15) is 33.1 Å². The number of primary amides is 1. The van der Waals surface area contributed by atoms with Gasteiger partial charge in [0.15, 0.2) is 0 Å². The molecule has 0 aromatic heterocycles. The molecule has 2 N–H and O–H groups in total. The van der Waals surface area contributed by atoms with Crippen LogP contribution < -0.4 is 5.73 Å². The third kappa shape index (κ3) is 3.34. The SMILES string of the molecule is CCCCC(C)(Sc1ccc2ccccc2c1)C(N)=O. The van der Waals surface area contributed by atoms with Gasteiger partial charge in [-0.1, -0.05) is 50.1 Å². The molecule has 106 valence electrons. The number of unbranched alkanes of at least 4 members (excludes halogenated alkanes) is 1. The van der Waals surface area contributed by atoms with Crippen LogP contribution in [0.4, 0.5) is 0 Å². The van der Waals surface area contributed by atoms with E-state index in [9.17, 15) is 4.79 Å². The number of hydrogen-bond acceptors (Lipinski definition) is 2. The fourth-order valence-electron chi connectivity index (χ4n) is 2.23. The van der Waals surface area contributed by atoms with Crippen LogP contribution in [0, 0.1) is 0 Å². The first kappa shape index (κ1) is 14.9. The zero-order valence-electron chi connectivity index (χ0n) is 12.1. The Hall–Kier alpha value is -1.48. The molecule has 20 heavy (non-hydrogen) atoms. The van der Waals surface area contributed by atoms with E-state index in [1.54, 1.807) is 11.8 Å². The summed E-state index contributed by atoms with van der Waals surface area (Å²) in [7, 11) is 0. The zero-order valence-corrected chi connectivity index (χ0v) is 12.9. The molecule has 2 rings (SSSR count). The fraction of sp³-hybridized carbons (Fsp3) is 0.353. The van der Waals surface area contributed by atoms with Gasteiger partial charge in [-0.3, -0.25) is 4.79 Å². The molecule has 3 heteroatoms. The molecular formula is C17H21NOS. The normalized spacial score (nSPS) is 14.1. The number of thioether (sulfide) groups is 1. The van der Waals surface area contributed by atoms with Gasteiger partial charge < -0.3 is 5.73 Å². The van der Waals surface area contributed by atoms with E-state index >= 15 is 0 Å². The van der Waals surface area contributed by atoms with E-state index in [-0.39, 0.29) is 5.91 Å². The molecule has 0 bridgehead atoms. The molecule has 1 atom stereocenters. The van der Waals surface area contributed by atoms with Crippen molar-refractivity contribution in [3.05, 3.63) is 42.5 Å². The molecule has 0 aliphatic carbocycles. The molecule has 0 aliphatic heterocycles. The predicted molar refractivity (Wildman–Crippen MR) is 86.9 cm³/mol. The summed E-state index contributed by atoms with van der Waals surface area (Å²) >= 11 is 1.58. The number of carbonyl (C=O) groups is 1. The average Bonchev–Trinajstić information content (AvgIpc) is 2.45. The Bertz CT molecular complexity index is 611. The van der Waals surface area contributed by atoms with Gasteiger partial charge in [0.05, 0.1) is 4.75 Å². The Balaban J connectivity index is 2.26. The van der Waals surface area contributed by atoms with Gasteiger partial charge in [0.1, 0.15) is 0 Å². The number of rotatable bonds is 6. The number of carbonyl (C=O) groups excluding carboxylic acids is 1. The van der Waals surface area contributed by atoms with Crippen LogP contribution >= 0.6 is 11.8 Å². The van der Waals surface area contributed by atoms with Crippen molar-refractivity contribution < 1.29 is 4.79 Å². The highest BCUT2D eigenvalue weighted by molar-refractivity contribution is 8.01. The highest BCUT2D eigenvalue weighted by Gasteiger charge is 2.31. The minimum atomic E-state index is -0.529. The summed E-state index contributed by atoms with van der Waals surface area (Å²) in [5, 5.41) is 2.41. The van der Waals surface area contributed by atoms with Gasteiger partial charge in [-0.15, -0.1) is 11.8 Å². The molecule has 0 radical (unpaired) electrons. The first-order valence-electron chi connectivity index (χ1n) is 7.03. The van der Waals surface area contributed by atoms with Gasteiger partial charge in [-0.05, 0) is 36.2 Å². The fourth-order valence-corrected chi connectivity index (χ4v) is 3.42. The van der Waals surface area contributed by atoms with Crippen LogP contribution in [0.2, 0.25) is 0 Å². The minimum Gasteiger partial charge on any atom is -0.368 e. The van der Waals surface area contributed by atoms with E-state index in [1.165, 1.54) is 10.8 Å². The maximum Gasteiger partial charge on any atom is 0.233 e. The Morgan fingerprint density at radius 2 is 1.90 bits per heavy atom. The first-order chi connectivity index (χ1) is 9.55. The molecule has 0 aliphatic rings. The van der Waals surface area contributed by atoms with E-state index < -0.39 is 4.75 Å². The summed E-state index contributed by atoms with van der Waals surface area (Å²) in [5.41, 5.74) is 5.61. The minimum absolute atomic E-state index is 0.232. The Morgan fingerprint density at radius 3 is 2.55 bits per heavy atom. The lowest BCUT2D eigenvalue weighted by molar-refractivity contribution is -0.120. The standard InChI is InChI=1S/C17H21NOS/c1-3-4-11-17(2,16(18)19)20-15-10-9-13-7-5-6-8-14(13)12-15/h5-10,12H,3-4,11H2,1-2H3,(H2,18,19). The summed E-state index contributed by atoms with van der Waals surface area (Å²) in [6, 6.07) is 14.5. The Kier molecular flexibility index (Phi) is 4.71. The highest BCUT2D eigenvalue weighted by atomic mass is 32.2. The van der Waals surface area contributed by atoms with Crippen molar-refractivity contribution >= 4 is 28.4 Å². The average molecular weight is 287 g/mol. The molecule has 1 amide bonds. The van der Waals surface area contributed by atoms with Gasteiger partial charge in [-0.25, -0.2) is 0 Å². The second kappa shape index (κ2) is 6.31. The van der Waals surface area contributed by atoms with Crippen molar-refractivity contribution in [2.24, 2.45) is 5.73 Å². The maximum atomic E-state index is 11.8. The summed E-state index contributed by atoms with van der Waals surface area (Å²) in [6.07, 6.45) is 2.90. The van der Waals surface area contributed by atoms with Gasteiger partial charge in [-0.2, -0.15) is 0 Å². The lowest BCUT2D eigenvalue weighted by atomic mass is 10.0. The van der Waals surface area contributed by atoms with Crippen LogP contribution in [0.3, 0.4) is 0 Å². The van der Waals surface area contributed by atoms with Crippen molar-refractivity contribution in [1.82, 2.24) is 0 Å². The summed E-state index contributed by atoms with van der Waals surface area (Å²) in [6.45, 7) is 4.08. The van der Waals surface area contributed by atoms with Crippen molar-refractivity contribution in [3.63, 3.8) is 0 Å². The summed E-state index contributed by atoms with van der Waals surface area (Å²) in [4.78, 5) is 12.9. The quantitative estimate of drug-likeness (QED) is 0.802. The summed E-state index contributed by atoms with van der Waals surface area (Å²) in [5.74, 6) is -0.232. The zero-order chi connectivity index (χ0) is 14.6. The van der Waals surface area contributed by atoms with Crippen LogP contribution in [-0.4, -0.2) is 10.7 Å². The Morgan fingerprint density at radius 1 is 1.20 bits per heavy atom. The van der Waals surface area contributed by atoms with Crippen molar-refractivity contribution in [2.75, 3.05) is 0 Å². The maximum absolute atomic E-state index is 11.8. The Labute approximate surface area is 124 Å². The largest absolute Gasteiger partial charge is 0.368 e. The number of nitrogens with two attached hydrogens (primary N) is 1. The van der Waals surface area contributed by atoms with E-state index in [4.69, 9.17) is 5.73 Å². The lowest BCUT2D eigenvalue weighted by Crippen LogP contribution is -2.37. The number of hydrogen-bond donors (Lipinski definition) is 1. The molecule has 2 nitrogen and oxygen atoms in total. The van der Waals surface area contributed by atoms with E-state index in [0.717, 1.165) is 24.2 Å². The third-order valence-corrected chi connectivity index (χ3v) is 4.94. The topological polar surface area (TPSA) is 43.1 Å². The predicted octanol–water partition coefficient (Wildman–Crippen LogP) is 4.37. The second-order valence-corrected chi connectivity index (χ2v) is 6.89. The van der Waals surface area contributed by atoms with Gasteiger partial charge in [0, 0.05) is 4.90 Å². The summed E-state index contributed by atoms with van der Waals surface area (Å²) < 4.78 is -0.529. The van der Waals surface area contributed by atoms with E-state index in [1.807, 2.05) is 19.1 Å². The van der Waals surface area contributed by atoms with Crippen molar-refractivity contribution in [3.8, 4) is 0 Å². The smallest absolute Gasteiger partial charge is 0.233 e. The molecule has 2 aromatic carbocycles. The number of amides is 1. The van der Waals surface area contributed by atoms with Crippen LogP contribution in [0.5, 0.6) is 0 Å². The van der Waals surface area contributed by atoms with Crippen LogP contribution in [0.15, 0.2) is 47.4 Å². The molecule has 0 fully saturated rings. The lowest BCUT2D eigenvalue weighted by Gasteiger charge is -2.25. The first-order valence-corrected chi connectivity index (χ1v) is 7.84. The van der Waals surface area contributed by atoms with Crippen molar-refractivity contribution in [2.45, 2.75) is 42.8 Å². The third-order valence-electron chi connectivity index (χ3n) is 3.59. The second-order valence-electron chi connectivity index (χ2n) is 5.31. The van der Waals surface area contributed by atoms with Gasteiger partial charge in [0.25, 0.3) is 0 Å². The number of benzene rings is 2. The molecule has 0 heterocycles. The monoisotopic (exact) mass is 287 g/mol. The van der Waals surface area contributed by atoms with E-state index in [2.05, 4.69) is 37.3 Å². The highest BCUT2D eigenvalue weighted by Crippen LogP contribution is 2.37. The van der Waals surface area contributed by atoms with E-state index in [0.29, 0.717) is 0 Å². The van der Waals surface area contributed by atoms with Gasteiger partial charge in [0.2, 0.25) is 5.91 Å². The van der Waals surface area contributed by atoms with Crippen LogP contribution in [-0.2, 0) is 4.79 Å². The van der Waals surface area contributed by atoms with Gasteiger partial charge >= 0.3 is 0 Å². The molecular weight excluding hydrogens is 266 g/mol. The molecule has 0 saturated carbocycles. The van der Waals surface area contributed by atoms with Crippen LogP contribution in [0.25, 0.3) is 10.8 Å². The molecule has 0 saturated heterocycles. The number of fused-ring (bicyclic) bond motifs is 1.